The lowest BCUT2D eigenvalue weighted by Gasteiger charge is -2.06. The van der Waals surface area contributed by atoms with Crippen LogP contribution < -0.4 is 0 Å². The van der Waals surface area contributed by atoms with Gasteiger partial charge in [-0.2, -0.15) is 0 Å². The van der Waals surface area contributed by atoms with Crippen LogP contribution in [0, 0.1) is 3.57 Å². The second kappa shape index (κ2) is 4.00. The molecule has 0 saturated heterocycles. The van der Waals surface area contributed by atoms with E-state index in [4.69, 9.17) is 0 Å². The van der Waals surface area contributed by atoms with Crippen LogP contribution in [-0.4, -0.2) is 0 Å². The fourth-order valence-corrected chi connectivity index (χ4v) is 3.22. The van der Waals surface area contributed by atoms with Crippen LogP contribution in [0.25, 0.3) is 21.5 Å². The molecule has 0 radical (unpaired) electrons. The first-order valence-corrected chi connectivity index (χ1v) is 6.89. The summed E-state index contributed by atoms with van der Waals surface area (Å²) in [4.78, 5) is 0. The average molecular weight is 383 g/mol. The molecule has 0 saturated carbocycles. The second-order valence-corrected chi connectivity index (χ2v) is 5.85. The topological polar surface area (TPSA) is 0 Å². The fourth-order valence-electron chi connectivity index (χ4n) is 2.04. The normalized spacial score (nSPS) is 11.1. The quantitative estimate of drug-likeness (QED) is 0.362. The first kappa shape index (κ1) is 10.5. The number of benzene rings is 3. The number of hydrogen-bond donors (Lipinski definition) is 0. The van der Waals surface area contributed by atoms with Gasteiger partial charge in [-0.25, -0.2) is 0 Å². The Morgan fingerprint density at radius 1 is 0.812 bits per heavy atom. The van der Waals surface area contributed by atoms with Crippen molar-refractivity contribution in [2.24, 2.45) is 0 Å². The van der Waals surface area contributed by atoms with Gasteiger partial charge in [0.25, 0.3) is 0 Å². The average Bonchev–Trinajstić information content (AvgIpc) is 2.29. The van der Waals surface area contributed by atoms with Crippen molar-refractivity contribution in [3.63, 3.8) is 0 Å². The second-order valence-electron chi connectivity index (χ2n) is 3.77. The lowest BCUT2D eigenvalue weighted by atomic mass is 10.0. The highest BCUT2D eigenvalue weighted by Crippen LogP contribution is 2.31. The van der Waals surface area contributed by atoms with Crippen LogP contribution in [0.4, 0.5) is 0 Å². The van der Waals surface area contributed by atoms with E-state index in [1.807, 2.05) is 0 Å². The monoisotopic (exact) mass is 382 g/mol. The van der Waals surface area contributed by atoms with E-state index in [1.54, 1.807) is 0 Å². The molecule has 0 fully saturated rings. The SMILES string of the molecule is Brc1ccc2c(c1)cc(I)c1ccccc12. The van der Waals surface area contributed by atoms with Crippen molar-refractivity contribution in [2.45, 2.75) is 0 Å². The maximum absolute atomic E-state index is 3.52. The number of rotatable bonds is 0. The molecule has 3 aromatic rings. The van der Waals surface area contributed by atoms with E-state index in [2.05, 4.69) is 87.1 Å². The molecule has 0 aliphatic rings. The number of fused-ring (bicyclic) bond motifs is 3. The van der Waals surface area contributed by atoms with Crippen molar-refractivity contribution in [2.75, 3.05) is 0 Å². The van der Waals surface area contributed by atoms with E-state index in [1.165, 1.54) is 25.1 Å². The van der Waals surface area contributed by atoms with Gasteiger partial charge in [-0.3, -0.25) is 0 Å². The number of hydrogen-bond acceptors (Lipinski definition) is 0. The van der Waals surface area contributed by atoms with Gasteiger partial charge < -0.3 is 0 Å². The molecule has 0 unspecified atom stereocenters. The van der Waals surface area contributed by atoms with Crippen LogP contribution in [0.1, 0.15) is 0 Å². The molecule has 3 rings (SSSR count). The summed E-state index contributed by atoms with van der Waals surface area (Å²) >= 11 is 5.92. The molecular weight excluding hydrogens is 375 g/mol. The highest BCUT2D eigenvalue weighted by atomic mass is 127. The summed E-state index contributed by atoms with van der Waals surface area (Å²) in [5.41, 5.74) is 0. The Balaban J connectivity index is 2.59. The van der Waals surface area contributed by atoms with Gasteiger partial charge in [0.05, 0.1) is 0 Å². The van der Waals surface area contributed by atoms with E-state index in [9.17, 15) is 0 Å². The van der Waals surface area contributed by atoms with Gasteiger partial charge in [0, 0.05) is 8.04 Å². The van der Waals surface area contributed by atoms with Gasteiger partial charge in [0.15, 0.2) is 0 Å². The highest BCUT2D eigenvalue weighted by Gasteiger charge is 2.04. The van der Waals surface area contributed by atoms with Gasteiger partial charge >= 0.3 is 0 Å². The van der Waals surface area contributed by atoms with Crippen molar-refractivity contribution in [3.05, 3.63) is 56.6 Å². The smallest absolute Gasteiger partial charge is 0.0215 e. The zero-order valence-corrected chi connectivity index (χ0v) is 12.1. The minimum Gasteiger partial charge on any atom is -0.0616 e. The Hall–Kier alpha value is -0.610. The van der Waals surface area contributed by atoms with Crippen LogP contribution in [0.15, 0.2) is 53.0 Å². The van der Waals surface area contributed by atoms with Crippen molar-refractivity contribution in [3.8, 4) is 0 Å². The molecule has 0 aliphatic heterocycles. The molecule has 2 heteroatoms. The summed E-state index contributed by atoms with van der Waals surface area (Å²) in [6.45, 7) is 0. The third-order valence-corrected chi connectivity index (χ3v) is 4.16. The third-order valence-electron chi connectivity index (χ3n) is 2.77. The van der Waals surface area contributed by atoms with Gasteiger partial charge in [-0.05, 0) is 62.3 Å². The zero-order chi connectivity index (χ0) is 11.1. The van der Waals surface area contributed by atoms with E-state index < -0.39 is 0 Å². The van der Waals surface area contributed by atoms with Gasteiger partial charge in [0.2, 0.25) is 0 Å². The summed E-state index contributed by atoms with van der Waals surface area (Å²) in [6.07, 6.45) is 0. The maximum atomic E-state index is 3.52. The standard InChI is InChI=1S/C14H8BrI/c15-10-5-6-11-9(7-10)8-14(16)13-4-2-1-3-12(11)13/h1-8H. The molecule has 0 aromatic heterocycles. The Kier molecular flexibility index (Phi) is 2.64. The van der Waals surface area contributed by atoms with Crippen LogP contribution in [0.3, 0.4) is 0 Å². The third kappa shape index (κ3) is 1.64. The molecule has 0 N–H and O–H groups in total. The lowest BCUT2D eigenvalue weighted by Crippen LogP contribution is -1.81. The van der Waals surface area contributed by atoms with E-state index in [-0.39, 0.29) is 0 Å². The molecule has 16 heavy (non-hydrogen) atoms. The van der Waals surface area contributed by atoms with Gasteiger partial charge in [0.1, 0.15) is 0 Å². The van der Waals surface area contributed by atoms with Crippen LogP contribution >= 0.6 is 38.5 Å². The Morgan fingerprint density at radius 2 is 1.56 bits per heavy atom. The van der Waals surface area contributed by atoms with Crippen molar-refractivity contribution in [1.82, 2.24) is 0 Å². The van der Waals surface area contributed by atoms with Crippen LogP contribution in [0.2, 0.25) is 0 Å². The largest absolute Gasteiger partial charge is 0.0616 e. The van der Waals surface area contributed by atoms with Gasteiger partial charge in [-0.15, -0.1) is 0 Å². The molecule has 0 atom stereocenters. The van der Waals surface area contributed by atoms with E-state index in [0.717, 1.165) is 4.47 Å². The maximum Gasteiger partial charge on any atom is 0.0215 e. The summed E-state index contributed by atoms with van der Waals surface area (Å²) in [5.74, 6) is 0. The summed E-state index contributed by atoms with van der Waals surface area (Å²) in [7, 11) is 0. The van der Waals surface area contributed by atoms with Crippen LogP contribution in [-0.2, 0) is 0 Å². The molecule has 0 nitrogen and oxygen atoms in total. The summed E-state index contributed by atoms with van der Waals surface area (Å²) in [6, 6.07) is 17.2. The fraction of sp³-hybridized carbons (Fsp3) is 0. The highest BCUT2D eigenvalue weighted by molar-refractivity contribution is 14.1. The van der Waals surface area contributed by atoms with Crippen molar-refractivity contribution >= 4 is 60.1 Å². The molecule has 0 amide bonds. The first-order chi connectivity index (χ1) is 7.75. The Labute approximate surface area is 116 Å². The lowest BCUT2D eigenvalue weighted by molar-refractivity contribution is 1.70. The molecule has 0 bridgehead atoms. The molecular formula is C14H8BrI. The van der Waals surface area contributed by atoms with Crippen molar-refractivity contribution in [1.29, 1.82) is 0 Å². The molecule has 3 aromatic carbocycles. The van der Waals surface area contributed by atoms with Crippen molar-refractivity contribution < 1.29 is 0 Å². The minimum atomic E-state index is 1.13. The predicted molar refractivity (Wildman–Crippen MR) is 81.9 cm³/mol. The Bertz CT molecular complexity index is 689. The van der Waals surface area contributed by atoms with E-state index >= 15 is 0 Å². The predicted octanol–water partition coefficient (Wildman–Crippen LogP) is 5.36. The molecule has 0 heterocycles. The molecule has 78 valence electrons. The molecule has 0 spiro atoms. The van der Waals surface area contributed by atoms with E-state index in [0.29, 0.717) is 0 Å². The Morgan fingerprint density at radius 3 is 2.38 bits per heavy atom. The number of halogens is 2. The molecule has 0 aliphatic carbocycles. The van der Waals surface area contributed by atoms with Gasteiger partial charge in [-0.1, -0.05) is 46.3 Å². The van der Waals surface area contributed by atoms with Crippen LogP contribution in [0.5, 0.6) is 0 Å². The first-order valence-electron chi connectivity index (χ1n) is 5.02. The minimum absolute atomic E-state index is 1.13. The summed E-state index contributed by atoms with van der Waals surface area (Å²) < 4.78 is 2.44. The zero-order valence-electron chi connectivity index (χ0n) is 8.37. The summed E-state index contributed by atoms with van der Waals surface area (Å²) in [5, 5.41) is 5.27.